The molecule has 0 aromatic rings. The zero-order valence-corrected chi connectivity index (χ0v) is 7.60. The van der Waals surface area contributed by atoms with Crippen LogP contribution in [0.3, 0.4) is 0 Å². The van der Waals surface area contributed by atoms with Gasteiger partial charge in [0.15, 0.2) is 0 Å². The molecule has 0 amide bonds. The van der Waals surface area contributed by atoms with Crippen molar-refractivity contribution in [1.29, 1.82) is 0 Å². The summed E-state index contributed by atoms with van der Waals surface area (Å²) in [6, 6.07) is 0.381. The highest BCUT2D eigenvalue weighted by Gasteiger charge is 2.18. The molecule has 2 N–H and O–H groups in total. The summed E-state index contributed by atoms with van der Waals surface area (Å²) in [7, 11) is 0. The van der Waals surface area contributed by atoms with Crippen molar-refractivity contribution in [3.05, 3.63) is 11.1 Å². The number of nitrogens with two attached hydrogens (primary N) is 1. The summed E-state index contributed by atoms with van der Waals surface area (Å²) >= 11 is 3.33. The standard InChI is InChI=1S/C7H13BrN2/c1-6(8)4-10-3-2-7(9)5-10/h7H,1-5,9H2. The van der Waals surface area contributed by atoms with E-state index in [0.717, 1.165) is 30.5 Å². The molecule has 0 radical (unpaired) electrons. The maximum absolute atomic E-state index is 5.71. The Bertz CT molecular complexity index is 136. The molecule has 1 aliphatic heterocycles. The van der Waals surface area contributed by atoms with Crippen molar-refractivity contribution in [2.45, 2.75) is 12.5 Å². The van der Waals surface area contributed by atoms with Crippen molar-refractivity contribution in [2.75, 3.05) is 19.6 Å². The highest BCUT2D eigenvalue weighted by atomic mass is 79.9. The van der Waals surface area contributed by atoms with Gasteiger partial charge in [0, 0.05) is 30.2 Å². The normalized spacial score (nSPS) is 27.2. The minimum atomic E-state index is 0.381. The summed E-state index contributed by atoms with van der Waals surface area (Å²) in [5, 5.41) is 0. The third-order valence-electron chi connectivity index (χ3n) is 1.70. The quantitative estimate of drug-likeness (QED) is 0.726. The van der Waals surface area contributed by atoms with Crippen molar-refractivity contribution >= 4 is 15.9 Å². The summed E-state index contributed by atoms with van der Waals surface area (Å²) < 4.78 is 1.04. The first-order valence-electron chi connectivity index (χ1n) is 3.49. The Balaban J connectivity index is 2.24. The first-order valence-corrected chi connectivity index (χ1v) is 4.29. The monoisotopic (exact) mass is 204 g/mol. The number of hydrogen-bond acceptors (Lipinski definition) is 2. The molecule has 3 heteroatoms. The molecule has 1 atom stereocenters. The van der Waals surface area contributed by atoms with Crippen molar-refractivity contribution < 1.29 is 0 Å². The second kappa shape index (κ2) is 3.51. The van der Waals surface area contributed by atoms with Crippen LogP contribution in [-0.4, -0.2) is 30.6 Å². The molecule has 1 fully saturated rings. The zero-order valence-electron chi connectivity index (χ0n) is 6.02. The van der Waals surface area contributed by atoms with Crippen LogP contribution in [0, 0.1) is 0 Å². The average Bonchev–Trinajstić information content (AvgIpc) is 2.13. The molecule has 0 aromatic carbocycles. The zero-order chi connectivity index (χ0) is 7.56. The maximum Gasteiger partial charge on any atom is 0.0294 e. The SMILES string of the molecule is C=C(Br)CN1CCC(N)C1. The van der Waals surface area contributed by atoms with E-state index in [1.165, 1.54) is 0 Å². The third kappa shape index (κ3) is 2.40. The molecule has 1 aliphatic rings. The largest absolute Gasteiger partial charge is 0.326 e. The Morgan fingerprint density at radius 2 is 2.50 bits per heavy atom. The van der Waals surface area contributed by atoms with Gasteiger partial charge in [-0.25, -0.2) is 0 Å². The van der Waals surface area contributed by atoms with Crippen LogP contribution < -0.4 is 5.73 Å². The highest BCUT2D eigenvalue weighted by Crippen LogP contribution is 2.11. The lowest BCUT2D eigenvalue weighted by molar-refractivity contribution is 0.370. The second-order valence-corrected chi connectivity index (χ2v) is 3.92. The molecule has 1 rings (SSSR count). The lowest BCUT2D eigenvalue weighted by Crippen LogP contribution is -2.27. The summed E-state index contributed by atoms with van der Waals surface area (Å²) in [4.78, 5) is 2.31. The van der Waals surface area contributed by atoms with E-state index < -0.39 is 0 Å². The van der Waals surface area contributed by atoms with Gasteiger partial charge in [-0.05, 0) is 6.42 Å². The van der Waals surface area contributed by atoms with Crippen LogP contribution in [0.2, 0.25) is 0 Å². The summed E-state index contributed by atoms with van der Waals surface area (Å²) in [5.74, 6) is 0. The molecule has 1 saturated heterocycles. The molecule has 0 spiro atoms. The van der Waals surface area contributed by atoms with Crippen molar-refractivity contribution in [3.63, 3.8) is 0 Å². The Morgan fingerprint density at radius 1 is 1.80 bits per heavy atom. The molecule has 10 heavy (non-hydrogen) atoms. The van der Waals surface area contributed by atoms with E-state index in [9.17, 15) is 0 Å². The Morgan fingerprint density at radius 3 is 2.90 bits per heavy atom. The fraction of sp³-hybridized carbons (Fsp3) is 0.714. The molecule has 0 aliphatic carbocycles. The second-order valence-electron chi connectivity index (χ2n) is 2.80. The topological polar surface area (TPSA) is 29.3 Å². The Labute approximate surface area is 70.2 Å². The van der Waals surface area contributed by atoms with Gasteiger partial charge in [-0.3, -0.25) is 4.90 Å². The number of likely N-dealkylation sites (tertiary alicyclic amines) is 1. The first-order chi connectivity index (χ1) is 4.68. The smallest absolute Gasteiger partial charge is 0.0294 e. The van der Waals surface area contributed by atoms with E-state index in [4.69, 9.17) is 5.73 Å². The van der Waals surface area contributed by atoms with Gasteiger partial charge in [0.2, 0.25) is 0 Å². The fourth-order valence-corrected chi connectivity index (χ4v) is 1.60. The van der Waals surface area contributed by atoms with Crippen LogP contribution in [-0.2, 0) is 0 Å². The predicted molar refractivity (Wildman–Crippen MR) is 47.1 cm³/mol. The molecule has 1 unspecified atom stereocenters. The van der Waals surface area contributed by atoms with Crippen molar-refractivity contribution in [2.24, 2.45) is 5.73 Å². The van der Waals surface area contributed by atoms with Crippen molar-refractivity contribution in [1.82, 2.24) is 4.90 Å². The van der Waals surface area contributed by atoms with Gasteiger partial charge >= 0.3 is 0 Å². The van der Waals surface area contributed by atoms with E-state index in [0.29, 0.717) is 6.04 Å². The van der Waals surface area contributed by atoms with E-state index in [1.54, 1.807) is 0 Å². The van der Waals surface area contributed by atoms with Gasteiger partial charge in [-0.1, -0.05) is 22.5 Å². The third-order valence-corrected chi connectivity index (χ3v) is 1.95. The molecule has 0 bridgehead atoms. The minimum absolute atomic E-state index is 0.381. The molecule has 2 nitrogen and oxygen atoms in total. The van der Waals surface area contributed by atoms with Gasteiger partial charge < -0.3 is 5.73 Å². The number of halogens is 1. The first kappa shape index (κ1) is 8.24. The molecular formula is C7H13BrN2. The van der Waals surface area contributed by atoms with Crippen LogP contribution >= 0.6 is 15.9 Å². The summed E-state index contributed by atoms with van der Waals surface area (Å²) in [6.07, 6.45) is 1.13. The van der Waals surface area contributed by atoms with Crippen molar-refractivity contribution in [3.8, 4) is 0 Å². The lowest BCUT2D eigenvalue weighted by Gasteiger charge is -2.13. The van der Waals surface area contributed by atoms with Crippen LogP contribution in [0.25, 0.3) is 0 Å². The number of rotatable bonds is 2. The summed E-state index contributed by atoms with van der Waals surface area (Å²) in [5.41, 5.74) is 5.71. The van der Waals surface area contributed by atoms with E-state index in [-0.39, 0.29) is 0 Å². The van der Waals surface area contributed by atoms with Crippen LogP contribution in [0.1, 0.15) is 6.42 Å². The predicted octanol–water partition coefficient (Wildman–Crippen LogP) is 0.928. The van der Waals surface area contributed by atoms with Gasteiger partial charge in [0.25, 0.3) is 0 Å². The minimum Gasteiger partial charge on any atom is -0.326 e. The molecular weight excluding hydrogens is 192 g/mol. The molecule has 0 aromatic heterocycles. The van der Waals surface area contributed by atoms with Gasteiger partial charge in [-0.2, -0.15) is 0 Å². The van der Waals surface area contributed by atoms with Crippen LogP contribution in [0.15, 0.2) is 11.1 Å². The Hall–Kier alpha value is 0.140. The molecule has 0 saturated carbocycles. The van der Waals surface area contributed by atoms with Crippen LogP contribution in [0.5, 0.6) is 0 Å². The van der Waals surface area contributed by atoms with Gasteiger partial charge in [0.05, 0.1) is 0 Å². The maximum atomic E-state index is 5.71. The van der Waals surface area contributed by atoms with E-state index in [1.807, 2.05) is 0 Å². The van der Waals surface area contributed by atoms with Gasteiger partial charge in [-0.15, -0.1) is 0 Å². The number of hydrogen-bond donors (Lipinski definition) is 1. The van der Waals surface area contributed by atoms with Gasteiger partial charge in [0.1, 0.15) is 0 Å². The Kier molecular flexibility index (Phi) is 2.89. The lowest BCUT2D eigenvalue weighted by atomic mass is 10.3. The van der Waals surface area contributed by atoms with E-state index in [2.05, 4.69) is 27.4 Å². The average molecular weight is 205 g/mol. The summed E-state index contributed by atoms with van der Waals surface area (Å²) in [6.45, 7) is 6.85. The molecule has 58 valence electrons. The highest BCUT2D eigenvalue weighted by molar-refractivity contribution is 9.11. The molecule has 1 heterocycles. The fourth-order valence-electron chi connectivity index (χ4n) is 1.25. The van der Waals surface area contributed by atoms with Crippen LogP contribution in [0.4, 0.5) is 0 Å². The number of nitrogens with zero attached hydrogens (tertiary/aromatic N) is 1. The van der Waals surface area contributed by atoms with E-state index >= 15 is 0 Å².